The average molecular weight is 381 g/mol. The maximum absolute atomic E-state index is 13.2. The highest BCUT2D eigenvalue weighted by atomic mass is 31.2. The third kappa shape index (κ3) is 6.78. The smallest absolute Gasteiger partial charge is 0.428 e. The first-order valence-electron chi connectivity index (χ1n) is 7.08. The molecule has 1 amide bonds. The van der Waals surface area contributed by atoms with Crippen molar-refractivity contribution >= 4 is 30.4 Å². The SMILES string of the molecule is CC(C)(C)OC(=O)OC(=O)Nc1ccc(P(C)(C)=O)cc1C(F)(F)F. The number of benzene rings is 1. The van der Waals surface area contributed by atoms with E-state index in [9.17, 15) is 27.3 Å². The molecule has 0 unspecified atom stereocenters. The topological polar surface area (TPSA) is 81.7 Å². The van der Waals surface area contributed by atoms with Crippen molar-refractivity contribution in [3.63, 3.8) is 0 Å². The summed E-state index contributed by atoms with van der Waals surface area (Å²) >= 11 is 0. The van der Waals surface area contributed by atoms with Crippen molar-refractivity contribution in [1.29, 1.82) is 0 Å². The van der Waals surface area contributed by atoms with Gasteiger partial charge in [0.15, 0.2) is 0 Å². The molecule has 1 rings (SSSR count). The van der Waals surface area contributed by atoms with Crippen molar-refractivity contribution < 1.29 is 36.8 Å². The summed E-state index contributed by atoms with van der Waals surface area (Å²) in [5.41, 5.74) is -2.76. The second kappa shape index (κ2) is 7.07. The van der Waals surface area contributed by atoms with Gasteiger partial charge in [-0.05, 0) is 52.3 Å². The molecule has 1 aromatic rings. The average Bonchev–Trinajstić information content (AvgIpc) is 2.33. The molecule has 0 aromatic heterocycles. The van der Waals surface area contributed by atoms with Crippen LogP contribution in [0.5, 0.6) is 0 Å². The van der Waals surface area contributed by atoms with Gasteiger partial charge in [0.1, 0.15) is 12.7 Å². The fraction of sp³-hybridized carbons (Fsp3) is 0.467. The number of amides is 1. The quantitative estimate of drug-likeness (QED) is 0.465. The van der Waals surface area contributed by atoms with Crippen LogP contribution in [0.1, 0.15) is 26.3 Å². The largest absolute Gasteiger partial charge is 0.517 e. The molecule has 0 aliphatic rings. The lowest BCUT2D eigenvalue weighted by molar-refractivity contribution is -0.136. The van der Waals surface area contributed by atoms with Crippen molar-refractivity contribution in [2.24, 2.45) is 0 Å². The maximum Gasteiger partial charge on any atom is 0.517 e. The van der Waals surface area contributed by atoms with Crippen molar-refractivity contribution in [3.8, 4) is 0 Å². The minimum atomic E-state index is -4.81. The van der Waals surface area contributed by atoms with Crippen molar-refractivity contribution in [2.75, 3.05) is 18.6 Å². The standard InChI is InChI=1S/C15H19F3NO5P/c1-14(2,3)24-13(21)23-12(20)19-11-7-6-9(25(4,5)22)8-10(11)15(16,17)18/h6-8H,1-5H3,(H,19,20). The Morgan fingerprint density at radius 1 is 1.12 bits per heavy atom. The van der Waals surface area contributed by atoms with Gasteiger partial charge in [0.25, 0.3) is 0 Å². The maximum atomic E-state index is 13.2. The van der Waals surface area contributed by atoms with Gasteiger partial charge in [0.2, 0.25) is 0 Å². The summed E-state index contributed by atoms with van der Waals surface area (Å²) < 4.78 is 60.5. The zero-order valence-corrected chi connectivity index (χ0v) is 15.2. The molecule has 25 heavy (non-hydrogen) atoms. The van der Waals surface area contributed by atoms with Crippen LogP contribution in [0.3, 0.4) is 0 Å². The molecule has 0 atom stereocenters. The number of hydrogen-bond donors (Lipinski definition) is 1. The van der Waals surface area contributed by atoms with Crippen LogP contribution >= 0.6 is 7.14 Å². The number of carbonyl (C=O) groups is 2. The molecule has 6 nitrogen and oxygen atoms in total. The molecule has 0 saturated heterocycles. The van der Waals surface area contributed by atoms with E-state index in [4.69, 9.17) is 4.74 Å². The number of halogens is 3. The van der Waals surface area contributed by atoms with Crippen LogP contribution in [0.2, 0.25) is 0 Å². The van der Waals surface area contributed by atoms with Crippen molar-refractivity contribution in [3.05, 3.63) is 23.8 Å². The molecule has 0 heterocycles. The van der Waals surface area contributed by atoms with Crippen LogP contribution < -0.4 is 10.6 Å². The van der Waals surface area contributed by atoms with Gasteiger partial charge < -0.3 is 14.0 Å². The molecular formula is C15H19F3NO5P. The van der Waals surface area contributed by atoms with Crippen molar-refractivity contribution in [2.45, 2.75) is 32.5 Å². The highest BCUT2D eigenvalue weighted by Gasteiger charge is 2.35. The first-order chi connectivity index (χ1) is 11.1. The Labute approximate surface area is 143 Å². The Hall–Kier alpha value is -2.02. The highest BCUT2D eigenvalue weighted by Crippen LogP contribution is 2.40. The first kappa shape index (κ1) is 21.0. The van der Waals surface area contributed by atoms with Gasteiger partial charge in [-0.2, -0.15) is 13.2 Å². The zero-order valence-electron chi connectivity index (χ0n) is 14.4. The van der Waals surface area contributed by atoms with E-state index in [1.165, 1.54) is 40.2 Å². The van der Waals surface area contributed by atoms with Gasteiger partial charge >= 0.3 is 18.4 Å². The number of anilines is 1. The fourth-order valence-electron chi connectivity index (χ4n) is 1.69. The second-order valence-corrected chi connectivity index (χ2v) is 9.78. The summed E-state index contributed by atoms with van der Waals surface area (Å²) in [6.45, 7) is 7.24. The number of hydrogen-bond acceptors (Lipinski definition) is 5. The normalized spacial score (nSPS) is 12.5. The van der Waals surface area contributed by atoms with Crippen LogP contribution in [0.25, 0.3) is 0 Å². The monoisotopic (exact) mass is 381 g/mol. The number of ether oxygens (including phenoxy) is 2. The predicted octanol–water partition coefficient (Wildman–Crippen LogP) is 4.44. The van der Waals surface area contributed by atoms with E-state index in [0.29, 0.717) is 6.07 Å². The third-order valence-corrected chi connectivity index (χ3v) is 4.25. The Kier molecular flexibility index (Phi) is 5.95. The summed E-state index contributed by atoms with van der Waals surface area (Å²) in [4.78, 5) is 23.0. The van der Waals surface area contributed by atoms with Crippen LogP contribution in [-0.2, 0) is 20.2 Å². The summed E-state index contributed by atoms with van der Waals surface area (Å²) in [7, 11) is -2.93. The molecule has 0 radical (unpaired) electrons. The third-order valence-electron chi connectivity index (χ3n) is 2.73. The molecule has 0 aliphatic carbocycles. The van der Waals surface area contributed by atoms with Crippen LogP contribution in [0.15, 0.2) is 18.2 Å². The molecule has 0 saturated carbocycles. The Bertz CT molecular complexity index is 719. The van der Waals surface area contributed by atoms with Crippen LogP contribution in [-0.4, -0.2) is 31.2 Å². The molecule has 0 bridgehead atoms. The molecule has 0 aliphatic heterocycles. The Morgan fingerprint density at radius 2 is 1.68 bits per heavy atom. The van der Waals surface area contributed by atoms with Crippen molar-refractivity contribution in [1.82, 2.24) is 0 Å². The molecule has 140 valence electrons. The number of nitrogens with one attached hydrogen (secondary N) is 1. The predicted molar refractivity (Wildman–Crippen MR) is 86.9 cm³/mol. The van der Waals surface area contributed by atoms with Crippen LogP contribution in [0.4, 0.5) is 28.4 Å². The minimum absolute atomic E-state index is 0.00545. The van der Waals surface area contributed by atoms with E-state index in [-0.39, 0.29) is 5.30 Å². The molecule has 1 N–H and O–H groups in total. The van der Waals surface area contributed by atoms with E-state index in [0.717, 1.165) is 6.07 Å². The van der Waals surface area contributed by atoms with Gasteiger partial charge in [-0.1, -0.05) is 0 Å². The van der Waals surface area contributed by atoms with Gasteiger partial charge in [-0.25, -0.2) is 9.59 Å². The minimum Gasteiger partial charge on any atom is -0.428 e. The molecule has 0 fully saturated rings. The fourth-order valence-corrected chi connectivity index (χ4v) is 2.57. The van der Waals surface area contributed by atoms with E-state index in [1.54, 1.807) is 0 Å². The van der Waals surface area contributed by atoms with Gasteiger partial charge in [-0.3, -0.25) is 5.32 Å². The number of carbonyl (C=O) groups excluding carboxylic acids is 2. The molecule has 10 heteroatoms. The molecular weight excluding hydrogens is 362 g/mol. The van der Waals surface area contributed by atoms with E-state index >= 15 is 0 Å². The van der Waals surface area contributed by atoms with E-state index < -0.39 is 42.4 Å². The summed E-state index contributed by atoms with van der Waals surface area (Å²) in [6, 6.07) is 2.86. The lowest BCUT2D eigenvalue weighted by atomic mass is 10.1. The van der Waals surface area contributed by atoms with Crippen LogP contribution in [0, 0.1) is 0 Å². The van der Waals surface area contributed by atoms with E-state index in [1.807, 2.05) is 5.32 Å². The van der Waals surface area contributed by atoms with Gasteiger partial charge in [-0.15, -0.1) is 0 Å². The Morgan fingerprint density at radius 3 is 2.12 bits per heavy atom. The highest BCUT2D eigenvalue weighted by molar-refractivity contribution is 7.70. The Balaban J connectivity index is 3.04. The van der Waals surface area contributed by atoms with Gasteiger partial charge in [0, 0.05) is 5.30 Å². The second-order valence-electron chi connectivity index (χ2n) is 6.56. The summed E-state index contributed by atoms with van der Waals surface area (Å²) in [5, 5.41) is 1.85. The summed E-state index contributed by atoms with van der Waals surface area (Å²) in [5.74, 6) is 0. The zero-order chi connectivity index (χ0) is 19.6. The first-order valence-corrected chi connectivity index (χ1v) is 9.68. The van der Waals surface area contributed by atoms with E-state index in [2.05, 4.69) is 4.74 Å². The molecule has 0 spiro atoms. The molecule has 1 aromatic carbocycles. The lowest BCUT2D eigenvalue weighted by Gasteiger charge is -2.19. The summed E-state index contributed by atoms with van der Waals surface area (Å²) in [6.07, 6.45) is -7.58. The lowest BCUT2D eigenvalue weighted by Crippen LogP contribution is -2.28. The number of alkyl halides is 3. The van der Waals surface area contributed by atoms with Gasteiger partial charge in [0.05, 0.1) is 11.3 Å². The number of rotatable bonds is 2.